The van der Waals surface area contributed by atoms with Gasteiger partial charge in [-0.05, 0) is 49.4 Å². The van der Waals surface area contributed by atoms with Crippen LogP contribution in [0.3, 0.4) is 0 Å². The van der Waals surface area contributed by atoms with Crippen LogP contribution in [0.5, 0.6) is 5.75 Å². The van der Waals surface area contributed by atoms with Gasteiger partial charge in [-0.15, -0.1) is 0 Å². The molecule has 0 atom stereocenters. The summed E-state index contributed by atoms with van der Waals surface area (Å²) < 4.78 is 5.63. The van der Waals surface area contributed by atoms with Gasteiger partial charge in [-0.1, -0.05) is 13.8 Å². The standard InChI is InChI=1S/C14H19NO/c1-11(2)5-4-8-16-14-7-6-13(10-15)12(3)9-14/h6-7,9,11H,4-5,8H2,1-3H3. The number of hydrogen-bond acceptors (Lipinski definition) is 2. The van der Waals surface area contributed by atoms with Gasteiger partial charge < -0.3 is 4.74 Å². The van der Waals surface area contributed by atoms with E-state index in [1.165, 1.54) is 6.42 Å². The largest absolute Gasteiger partial charge is 0.494 e. The number of aryl methyl sites for hydroxylation is 1. The van der Waals surface area contributed by atoms with E-state index in [4.69, 9.17) is 10.00 Å². The topological polar surface area (TPSA) is 33.0 Å². The maximum Gasteiger partial charge on any atom is 0.119 e. The minimum absolute atomic E-state index is 0.717. The molecular formula is C14H19NO. The molecule has 0 bridgehead atoms. The lowest BCUT2D eigenvalue weighted by molar-refractivity contribution is 0.297. The molecule has 0 heterocycles. The predicted molar refractivity (Wildman–Crippen MR) is 65.5 cm³/mol. The van der Waals surface area contributed by atoms with Crippen molar-refractivity contribution in [3.63, 3.8) is 0 Å². The highest BCUT2D eigenvalue weighted by atomic mass is 16.5. The van der Waals surface area contributed by atoms with Gasteiger partial charge in [0.25, 0.3) is 0 Å². The van der Waals surface area contributed by atoms with Crippen LogP contribution in [0.25, 0.3) is 0 Å². The van der Waals surface area contributed by atoms with Gasteiger partial charge in [0.15, 0.2) is 0 Å². The normalized spacial score (nSPS) is 10.2. The molecule has 86 valence electrons. The highest BCUT2D eigenvalue weighted by Gasteiger charge is 2.00. The van der Waals surface area contributed by atoms with Crippen LogP contribution < -0.4 is 4.74 Å². The van der Waals surface area contributed by atoms with Crippen molar-refractivity contribution in [2.75, 3.05) is 6.61 Å². The van der Waals surface area contributed by atoms with E-state index in [0.29, 0.717) is 0 Å². The van der Waals surface area contributed by atoms with E-state index < -0.39 is 0 Å². The summed E-state index contributed by atoms with van der Waals surface area (Å²) in [4.78, 5) is 0. The monoisotopic (exact) mass is 217 g/mol. The van der Waals surface area contributed by atoms with E-state index in [9.17, 15) is 0 Å². The molecule has 0 aromatic heterocycles. The molecule has 0 saturated heterocycles. The highest BCUT2D eigenvalue weighted by molar-refractivity contribution is 5.41. The summed E-state index contributed by atoms with van der Waals surface area (Å²) in [7, 11) is 0. The van der Waals surface area contributed by atoms with Crippen LogP contribution in [0.4, 0.5) is 0 Å². The van der Waals surface area contributed by atoms with Crippen LogP contribution in [-0.2, 0) is 0 Å². The SMILES string of the molecule is Cc1cc(OCCCC(C)C)ccc1C#N. The lowest BCUT2D eigenvalue weighted by Crippen LogP contribution is -2.00. The van der Waals surface area contributed by atoms with Crippen molar-refractivity contribution in [2.45, 2.75) is 33.6 Å². The second-order valence-electron chi connectivity index (χ2n) is 4.47. The molecule has 16 heavy (non-hydrogen) atoms. The van der Waals surface area contributed by atoms with E-state index in [2.05, 4.69) is 19.9 Å². The second-order valence-corrected chi connectivity index (χ2v) is 4.47. The van der Waals surface area contributed by atoms with Crippen LogP contribution >= 0.6 is 0 Å². The molecule has 1 aromatic rings. The zero-order valence-electron chi connectivity index (χ0n) is 10.3. The van der Waals surface area contributed by atoms with Crippen molar-refractivity contribution in [1.82, 2.24) is 0 Å². The number of benzene rings is 1. The van der Waals surface area contributed by atoms with E-state index in [0.717, 1.165) is 35.8 Å². The number of hydrogen-bond donors (Lipinski definition) is 0. The molecule has 0 spiro atoms. The average Bonchev–Trinajstić information content (AvgIpc) is 2.24. The summed E-state index contributed by atoms with van der Waals surface area (Å²) in [5.41, 5.74) is 1.69. The fourth-order valence-corrected chi connectivity index (χ4v) is 1.53. The third kappa shape index (κ3) is 3.94. The van der Waals surface area contributed by atoms with E-state index in [1.54, 1.807) is 0 Å². The summed E-state index contributed by atoms with van der Waals surface area (Å²) in [6.45, 7) is 7.11. The first-order chi connectivity index (χ1) is 7.63. The molecule has 0 aliphatic carbocycles. The summed E-state index contributed by atoms with van der Waals surface area (Å²) in [6.07, 6.45) is 2.27. The Kier molecular flexibility index (Phi) is 4.85. The number of nitriles is 1. The van der Waals surface area contributed by atoms with Gasteiger partial charge in [0.1, 0.15) is 5.75 Å². The third-order valence-corrected chi connectivity index (χ3v) is 2.51. The van der Waals surface area contributed by atoms with Crippen LogP contribution in [0.15, 0.2) is 18.2 Å². The first kappa shape index (κ1) is 12.6. The zero-order chi connectivity index (χ0) is 12.0. The Morgan fingerprint density at radius 2 is 2.12 bits per heavy atom. The molecule has 2 heteroatoms. The molecule has 0 aliphatic heterocycles. The lowest BCUT2D eigenvalue weighted by atomic mass is 10.1. The molecule has 0 amide bonds. The van der Waals surface area contributed by atoms with Gasteiger partial charge in [0.2, 0.25) is 0 Å². The van der Waals surface area contributed by atoms with Gasteiger partial charge in [-0.3, -0.25) is 0 Å². The maximum atomic E-state index is 8.79. The Morgan fingerprint density at radius 3 is 2.69 bits per heavy atom. The van der Waals surface area contributed by atoms with Crippen molar-refractivity contribution in [3.05, 3.63) is 29.3 Å². The van der Waals surface area contributed by atoms with E-state index in [1.807, 2.05) is 25.1 Å². The van der Waals surface area contributed by atoms with Gasteiger partial charge in [0.05, 0.1) is 18.2 Å². The molecule has 2 nitrogen and oxygen atoms in total. The van der Waals surface area contributed by atoms with Crippen molar-refractivity contribution in [1.29, 1.82) is 5.26 Å². The summed E-state index contributed by atoms with van der Waals surface area (Å²) in [6, 6.07) is 7.75. The van der Waals surface area contributed by atoms with Gasteiger partial charge in [-0.25, -0.2) is 0 Å². The van der Waals surface area contributed by atoms with Gasteiger partial charge >= 0.3 is 0 Å². The lowest BCUT2D eigenvalue weighted by Gasteiger charge is -2.08. The first-order valence-electron chi connectivity index (χ1n) is 5.77. The molecule has 1 rings (SSSR count). The number of rotatable bonds is 5. The Morgan fingerprint density at radius 1 is 1.38 bits per heavy atom. The quantitative estimate of drug-likeness (QED) is 0.705. The van der Waals surface area contributed by atoms with Gasteiger partial charge in [0, 0.05) is 0 Å². The number of ether oxygens (including phenoxy) is 1. The first-order valence-corrected chi connectivity index (χ1v) is 5.77. The average molecular weight is 217 g/mol. The predicted octanol–water partition coefficient (Wildman–Crippen LogP) is 3.68. The van der Waals surface area contributed by atoms with Crippen LogP contribution in [0.1, 0.15) is 37.8 Å². The molecule has 0 radical (unpaired) electrons. The Bertz CT molecular complexity index is 377. The van der Waals surface area contributed by atoms with Crippen molar-refractivity contribution in [2.24, 2.45) is 5.92 Å². The van der Waals surface area contributed by atoms with E-state index in [-0.39, 0.29) is 0 Å². The molecule has 1 aromatic carbocycles. The van der Waals surface area contributed by atoms with Crippen LogP contribution in [0, 0.1) is 24.2 Å². The zero-order valence-corrected chi connectivity index (χ0v) is 10.3. The third-order valence-electron chi connectivity index (χ3n) is 2.51. The Balaban J connectivity index is 2.44. The number of nitrogens with zero attached hydrogens (tertiary/aromatic N) is 1. The Hall–Kier alpha value is -1.49. The maximum absolute atomic E-state index is 8.79. The minimum Gasteiger partial charge on any atom is -0.494 e. The minimum atomic E-state index is 0.717. The van der Waals surface area contributed by atoms with Crippen LogP contribution in [0.2, 0.25) is 0 Å². The fraction of sp³-hybridized carbons (Fsp3) is 0.500. The summed E-state index contributed by atoms with van der Waals surface area (Å²) in [5.74, 6) is 1.59. The van der Waals surface area contributed by atoms with Gasteiger partial charge in [-0.2, -0.15) is 5.26 Å². The van der Waals surface area contributed by atoms with Crippen molar-refractivity contribution >= 4 is 0 Å². The molecule has 0 unspecified atom stereocenters. The molecule has 0 aliphatic rings. The summed E-state index contributed by atoms with van der Waals surface area (Å²) in [5, 5.41) is 8.79. The fourth-order valence-electron chi connectivity index (χ4n) is 1.53. The molecule has 0 fully saturated rings. The Labute approximate surface area is 97.9 Å². The second kappa shape index (κ2) is 6.17. The molecule has 0 N–H and O–H groups in total. The smallest absolute Gasteiger partial charge is 0.119 e. The van der Waals surface area contributed by atoms with Crippen LogP contribution in [-0.4, -0.2) is 6.61 Å². The summed E-state index contributed by atoms with van der Waals surface area (Å²) >= 11 is 0. The highest BCUT2D eigenvalue weighted by Crippen LogP contribution is 2.17. The molecular weight excluding hydrogens is 198 g/mol. The van der Waals surface area contributed by atoms with Crippen molar-refractivity contribution < 1.29 is 4.74 Å². The molecule has 0 saturated carbocycles. The van der Waals surface area contributed by atoms with E-state index >= 15 is 0 Å². The van der Waals surface area contributed by atoms with Crippen molar-refractivity contribution in [3.8, 4) is 11.8 Å².